The zero-order valence-corrected chi connectivity index (χ0v) is 19.5. The van der Waals surface area contributed by atoms with Crippen LogP contribution in [-0.2, 0) is 17.8 Å². The summed E-state index contributed by atoms with van der Waals surface area (Å²) in [6.45, 7) is 9.21. The van der Waals surface area contributed by atoms with Crippen molar-refractivity contribution < 1.29 is 9.47 Å². The van der Waals surface area contributed by atoms with E-state index in [1.165, 1.54) is 10.4 Å². The third-order valence-electron chi connectivity index (χ3n) is 3.66. The summed E-state index contributed by atoms with van der Waals surface area (Å²) < 4.78 is 11.2. The first-order chi connectivity index (χ1) is 12.6. The van der Waals surface area contributed by atoms with Gasteiger partial charge < -0.3 is 20.1 Å². The van der Waals surface area contributed by atoms with Crippen molar-refractivity contribution in [3.05, 3.63) is 45.4 Å². The second kappa shape index (κ2) is 12.9. The molecular formula is C19H29IN4O2S. The Morgan fingerprint density at radius 3 is 2.63 bits per heavy atom. The topological polar surface area (TPSA) is 67.8 Å². The summed E-state index contributed by atoms with van der Waals surface area (Å²) in [5.41, 5.74) is 2.25. The van der Waals surface area contributed by atoms with Gasteiger partial charge in [0.15, 0.2) is 5.96 Å². The molecule has 1 aromatic heterocycles. The van der Waals surface area contributed by atoms with Crippen LogP contribution in [0, 0.1) is 13.8 Å². The molecule has 2 N–H and O–H groups in total. The Hall–Kier alpha value is -1.39. The van der Waals surface area contributed by atoms with Crippen LogP contribution < -0.4 is 15.4 Å². The van der Waals surface area contributed by atoms with E-state index in [4.69, 9.17) is 9.47 Å². The lowest BCUT2D eigenvalue weighted by Crippen LogP contribution is -2.36. The number of ether oxygens (including phenoxy) is 2. The molecule has 0 fully saturated rings. The molecule has 1 aromatic carbocycles. The third-order valence-corrected chi connectivity index (χ3v) is 4.57. The summed E-state index contributed by atoms with van der Waals surface area (Å²) in [5, 5.41) is 7.66. The molecular weight excluding hydrogens is 475 g/mol. The van der Waals surface area contributed by atoms with Crippen LogP contribution in [0.2, 0.25) is 0 Å². The number of aromatic nitrogens is 1. The van der Waals surface area contributed by atoms with Crippen LogP contribution in [0.1, 0.15) is 27.9 Å². The zero-order valence-electron chi connectivity index (χ0n) is 16.4. The van der Waals surface area contributed by atoms with E-state index in [2.05, 4.69) is 52.7 Å². The van der Waals surface area contributed by atoms with Crippen LogP contribution >= 0.6 is 35.3 Å². The number of aliphatic imine (C=N–C) groups is 1. The van der Waals surface area contributed by atoms with Gasteiger partial charge >= 0.3 is 0 Å². The summed E-state index contributed by atoms with van der Waals surface area (Å²) in [7, 11) is 1.76. The Balaban J connectivity index is 0.00000364. The number of guanidine groups is 1. The molecule has 0 aliphatic heterocycles. The Morgan fingerprint density at radius 1 is 1.19 bits per heavy atom. The molecule has 150 valence electrons. The van der Waals surface area contributed by atoms with Crippen LogP contribution in [0.5, 0.6) is 5.75 Å². The zero-order chi connectivity index (χ0) is 18.8. The van der Waals surface area contributed by atoms with Crippen molar-refractivity contribution in [2.75, 3.05) is 26.9 Å². The molecule has 6 nitrogen and oxygen atoms in total. The number of thiazole rings is 1. The van der Waals surface area contributed by atoms with Gasteiger partial charge in [0.05, 0.1) is 13.2 Å². The van der Waals surface area contributed by atoms with E-state index in [1.54, 1.807) is 18.4 Å². The molecule has 0 unspecified atom stereocenters. The fourth-order valence-corrected chi connectivity index (χ4v) is 3.07. The van der Waals surface area contributed by atoms with Crippen LogP contribution in [-0.4, -0.2) is 37.8 Å². The quantitative estimate of drug-likeness (QED) is 0.236. The lowest BCUT2D eigenvalue weighted by Gasteiger charge is -2.15. The maximum atomic E-state index is 5.88. The second-order valence-electron chi connectivity index (χ2n) is 5.80. The maximum Gasteiger partial charge on any atom is 0.191 e. The van der Waals surface area contributed by atoms with Crippen LogP contribution in [0.25, 0.3) is 0 Å². The molecule has 0 spiro atoms. The monoisotopic (exact) mass is 504 g/mol. The first-order valence-corrected chi connectivity index (χ1v) is 9.60. The highest BCUT2D eigenvalue weighted by Crippen LogP contribution is 2.20. The fourth-order valence-electron chi connectivity index (χ4n) is 2.34. The minimum absolute atomic E-state index is 0. The first-order valence-electron chi connectivity index (χ1n) is 8.78. The van der Waals surface area contributed by atoms with Crippen molar-refractivity contribution >= 4 is 41.3 Å². The predicted molar refractivity (Wildman–Crippen MR) is 122 cm³/mol. The summed E-state index contributed by atoms with van der Waals surface area (Å²) in [6, 6.07) is 6.22. The Labute approximate surface area is 182 Å². The molecule has 27 heavy (non-hydrogen) atoms. The van der Waals surface area contributed by atoms with Crippen molar-refractivity contribution in [2.45, 2.75) is 33.9 Å². The van der Waals surface area contributed by atoms with Crippen molar-refractivity contribution in [1.29, 1.82) is 0 Å². The maximum absolute atomic E-state index is 5.88. The van der Waals surface area contributed by atoms with E-state index in [1.807, 2.05) is 13.1 Å². The van der Waals surface area contributed by atoms with Gasteiger partial charge in [-0.15, -0.1) is 35.3 Å². The minimum Gasteiger partial charge on any atom is -0.491 e. The molecule has 0 atom stereocenters. The molecule has 0 saturated heterocycles. The number of hydrogen-bond donors (Lipinski definition) is 2. The van der Waals surface area contributed by atoms with Crippen LogP contribution in [0.4, 0.5) is 0 Å². The lowest BCUT2D eigenvalue weighted by molar-refractivity contribution is 0.110. The van der Waals surface area contributed by atoms with Gasteiger partial charge in [0.25, 0.3) is 0 Å². The molecule has 2 rings (SSSR count). The standard InChI is InChI=1S/C19H28N4O2S.HI/c1-5-24-8-9-25-17-10-14(2)6-7-16(17)12-22-19(20-4)23-13-18-21-11-15(3)26-18;/h6-7,10-11H,5,8-9,12-13H2,1-4H3,(H2,20,22,23);1H. The van der Waals surface area contributed by atoms with Gasteiger partial charge in [0, 0.05) is 36.8 Å². The molecule has 0 radical (unpaired) electrons. The number of nitrogens with one attached hydrogen (secondary N) is 2. The number of halogens is 1. The van der Waals surface area contributed by atoms with Gasteiger partial charge in [-0.05, 0) is 32.4 Å². The number of benzene rings is 1. The summed E-state index contributed by atoms with van der Waals surface area (Å²) in [4.78, 5) is 9.83. The highest BCUT2D eigenvalue weighted by molar-refractivity contribution is 14.0. The SMILES string of the molecule is CCOCCOc1cc(C)ccc1CNC(=NC)NCc1ncc(C)s1.I. The summed E-state index contributed by atoms with van der Waals surface area (Å²) >= 11 is 1.68. The Kier molecular flexibility index (Phi) is 11.3. The van der Waals surface area contributed by atoms with Gasteiger partial charge in [-0.25, -0.2) is 4.98 Å². The van der Waals surface area contributed by atoms with Gasteiger partial charge in [0.1, 0.15) is 17.4 Å². The smallest absolute Gasteiger partial charge is 0.191 e. The molecule has 8 heteroatoms. The molecule has 1 heterocycles. The second-order valence-corrected chi connectivity index (χ2v) is 7.12. The average molecular weight is 504 g/mol. The number of nitrogens with zero attached hydrogens (tertiary/aromatic N) is 2. The third kappa shape index (κ3) is 8.44. The van der Waals surface area contributed by atoms with Gasteiger partial charge in [-0.3, -0.25) is 4.99 Å². The summed E-state index contributed by atoms with van der Waals surface area (Å²) in [5.74, 6) is 1.61. The van der Waals surface area contributed by atoms with Crippen LogP contribution in [0.3, 0.4) is 0 Å². The molecule has 0 amide bonds. The largest absolute Gasteiger partial charge is 0.491 e. The average Bonchev–Trinajstić information content (AvgIpc) is 3.05. The van der Waals surface area contributed by atoms with Gasteiger partial charge in [-0.2, -0.15) is 0 Å². The Bertz CT molecular complexity index is 721. The van der Waals surface area contributed by atoms with E-state index >= 15 is 0 Å². The first kappa shape index (κ1) is 23.6. The van der Waals surface area contributed by atoms with E-state index in [0.29, 0.717) is 32.9 Å². The van der Waals surface area contributed by atoms with E-state index < -0.39 is 0 Å². The number of aryl methyl sites for hydroxylation is 2. The lowest BCUT2D eigenvalue weighted by atomic mass is 10.1. The van der Waals surface area contributed by atoms with Crippen molar-refractivity contribution in [3.8, 4) is 5.75 Å². The molecule has 0 bridgehead atoms. The normalized spacial score (nSPS) is 11.0. The van der Waals surface area contributed by atoms with E-state index in [9.17, 15) is 0 Å². The van der Waals surface area contributed by atoms with E-state index in [-0.39, 0.29) is 24.0 Å². The van der Waals surface area contributed by atoms with Gasteiger partial charge in [-0.1, -0.05) is 12.1 Å². The molecule has 0 aliphatic rings. The summed E-state index contributed by atoms with van der Waals surface area (Å²) in [6.07, 6.45) is 1.88. The van der Waals surface area contributed by atoms with Crippen molar-refractivity contribution in [2.24, 2.45) is 4.99 Å². The van der Waals surface area contributed by atoms with Crippen LogP contribution in [0.15, 0.2) is 29.4 Å². The fraction of sp³-hybridized carbons (Fsp3) is 0.474. The minimum atomic E-state index is 0. The van der Waals surface area contributed by atoms with Gasteiger partial charge in [0.2, 0.25) is 0 Å². The highest BCUT2D eigenvalue weighted by atomic mass is 127. The number of hydrogen-bond acceptors (Lipinski definition) is 5. The van der Waals surface area contributed by atoms with Crippen molar-refractivity contribution in [1.82, 2.24) is 15.6 Å². The molecule has 0 aliphatic carbocycles. The van der Waals surface area contributed by atoms with E-state index in [0.717, 1.165) is 22.3 Å². The highest BCUT2D eigenvalue weighted by Gasteiger charge is 2.07. The number of rotatable bonds is 9. The molecule has 0 saturated carbocycles. The molecule has 2 aromatic rings. The Morgan fingerprint density at radius 2 is 1.96 bits per heavy atom. The predicted octanol–water partition coefficient (Wildman–Crippen LogP) is 3.66. The van der Waals surface area contributed by atoms with Crippen molar-refractivity contribution in [3.63, 3.8) is 0 Å².